The van der Waals surface area contributed by atoms with E-state index in [0.717, 1.165) is 42.5 Å². The van der Waals surface area contributed by atoms with Gasteiger partial charge in [0.15, 0.2) is 0 Å². The Labute approximate surface area is 282 Å². The Morgan fingerprint density at radius 3 is 2.10 bits per heavy atom. The number of nitrogens with zero attached hydrogens (tertiary/aromatic N) is 2. The number of rotatable bonds is 17. The fourth-order valence-corrected chi connectivity index (χ4v) is 5.57. The number of amides is 5. The zero-order valence-corrected chi connectivity index (χ0v) is 28.7. The van der Waals surface area contributed by atoms with Crippen molar-refractivity contribution < 1.29 is 28.8 Å². The molecule has 13 nitrogen and oxygen atoms in total. The first-order valence-corrected chi connectivity index (χ1v) is 16.7. The van der Waals surface area contributed by atoms with Crippen molar-refractivity contribution in [2.45, 2.75) is 65.1 Å². The van der Waals surface area contributed by atoms with Crippen molar-refractivity contribution in [1.82, 2.24) is 31.1 Å². The van der Waals surface area contributed by atoms with Crippen molar-refractivity contribution in [2.75, 3.05) is 46.3 Å². The van der Waals surface area contributed by atoms with Crippen molar-refractivity contribution in [3.63, 3.8) is 0 Å². The van der Waals surface area contributed by atoms with Crippen LogP contribution in [0.15, 0.2) is 42.5 Å². The molecule has 0 radical (unpaired) electrons. The first-order chi connectivity index (χ1) is 22.8. The molecule has 1 fully saturated rings. The Morgan fingerprint density at radius 1 is 0.833 bits per heavy atom. The van der Waals surface area contributed by atoms with Gasteiger partial charge in [-0.1, -0.05) is 76.6 Å². The van der Waals surface area contributed by atoms with E-state index in [9.17, 15) is 28.8 Å². The van der Waals surface area contributed by atoms with Gasteiger partial charge in [0.05, 0.1) is 19.1 Å². The van der Waals surface area contributed by atoms with Crippen molar-refractivity contribution in [1.29, 1.82) is 0 Å². The fraction of sp³-hybridized carbons (Fsp3) is 0.543. The topological polar surface area (TPSA) is 183 Å². The molecule has 1 saturated heterocycles. The normalized spacial score (nSPS) is 16.4. The number of nitrogens with one attached hydrogen (secondary N) is 4. The predicted octanol–water partition coefficient (Wildman–Crippen LogP) is 0.347. The van der Waals surface area contributed by atoms with Gasteiger partial charge < -0.3 is 31.9 Å². The molecule has 2 aromatic carbocycles. The number of benzene rings is 2. The summed E-state index contributed by atoms with van der Waals surface area (Å²) in [5, 5.41) is 12.4. The average molecular weight is 666 g/mol. The minimum atomic E-state index is -1.18. The number of piperazine rings is 1. The molecule has 0 aliphatic carbocycles. The van der Waals surface area contributed by atoms with Crippen LogP contribution in [0.2, 0.25) is 0 Å². The number of carbonyl (C=O) groups is 6. The van der Waals surface area contributed by atoms with Crippen LogP contribution in [-0.2, 0) is 35.2 Å². The minimum absolute atomic E-state index is 0.0645. The number of primary amides is 1. The molecule has 0 bridgehead atoms. The van der Waals surface area contributed by atoms with E-state index >= 15 is 0 Å². The first-order valence-electron chi connectivity index (χ1n) is 16.7. The van der Waals surface area contributed by atoms with Gasteiger partial charge in [-0.3, -0.25) is 33.7 Å². The van der Waals surface area contributed by atoms with Crippen LogP contribution in [-0.4, -0.2) is 110 Å². The van der Waals surface area contributed by atoms with Gasteiger partial charge in [0.25, 0.3) is 5.91 Å². The molecule has 0 saturated carbocycles. The third-order valence-corrected chi connectivity index (χ3v) is 8.68. The molecule has 5 amide bonds. The highest BCUT2D eigenvalue weighted by Crippen LogP contribution is 2.17. The van der Waals surface area contributed by atoms with E-state index in [1.54, 1.807) is 6.92 Å². The number of hydrogen-bond donors (Lipinski definition) is 5. The number of hydrogen-bond acceptors (Lipinski definition) is 8. The molecule has 3 rings (SSSR count). The van der Waals surface area contributed by atoms with Gasteiger partial charge in [-0.2, -0.15) is 0 Å². The number of ketones is 1. The number of carbonyl (C=O) groups excluding carboxylic acids is 6. The average Bonchev–Trinajstić information content (AvgIpc) is 3.05. The Morgan fingerprint density at radius 2 is 1.48 bits per heavy atom. The highest BCUT2D eigenvalue weighted by atomic mass is 16.2. The summed E-state index contributed by atoms with van der Waals surface area (Å²) in [6.45, 7) is 10.2. The SMILES string of the molecule is CCC(C)C(NC(=O)C(CC(C)C)NC(=O)CN1CCN(C)CC1)C(=O)C(=O)NCC(=O)NC(Cc1ccc2ccccc2c1)C(N)=O. The molecule has 13 heteroatoms. The number of nitrogens with two attached hydrogens (primary N) is 1. The quantitative estimate of drug-likeness (QED) is 0.150. The lowest BCUT2D eigenvalue weighted by atomic mass is 9.93. The van der Waals surface area contributed by atoms with Gasteiger partial charge in [0, 0.05) is 32.6 Å². The monoisotopic (exact) mass is 665 g/mol. The van der Waals surface area contributed by atoms with E-state index in [1.807, 2.05) is 75.2 Å². The van der Waals surface area contributed by atoms with Gasteiger partial charge in [-0.25, -0.2) is 0 Å². The van der Waals surface area contributed by atoms with E-state index < -0.39 is 60.0 Å². The second kappa shape index (κ2) is 18.3. The summed E-state index contributed by atoms with van der Waals surface area (Å²) >= 11 is 0. The summed E-state index contributed by atoms with van der Waals surface area (Å²) in [4.78, 5) is 81.6. The van der Waals surface area contributed by atoms with E-state index in [-0.39, 0.29) is 24.8 Å². The lowest BCUT2D eigenvalue weighted by molar-refractivity contribution is -0.142. The summed E-state index contributed by atoms with van der Waals surface area (Å²) in [6.07, 6.45) is 0.961. The Kier molecular flexibility index (Phi) is 14.5. The van der Waals surface area contributed by atoms with Gasteiger partial charge in [0.2, 0.25) is 29.4 Å². The highest BCUT2D eigenvalue weighted by molar-refractivity contribution is 6.38. The van der Waals surface area contributed by atoms with E-state index in [2.05, 4.69) is 26.2 Å². The van der Waals surface area contributed by atoms with Crippen LogP contribution < -0.4 is 27.0 Å². The number of Topliss-reactive ketones (excluding diaryl/α,β-unsaturated/α-hetero) is 1. The summed E-state index contributed by atoms with van der Waals surface area (Å²) in [7, 11) is 2.03. The van der Waals surface area contributed by atoms with Crippen LogP contribution in [0.3, 0.4) is 0 Å². The summed E-state index contributed by atoms with van der Waals surface area (Å²) < 4.78 is 0. The van der Waals surface area contributed by atoms with E-state index in [0.29, 0.717) is 12.8 Å². The highest BCUT2D eigenvalue weighted by Gasteiger charge is 2.34. The van der Waals surface area contributed by atoms with E-state index in [4.69, 9.17) is 5.73 Å². The molecular formula is C35H51N7O6. The fourth-order valence-electron chi connectivity index (χ4n) is 5.57. The van der Waals surface area contributed by atoms with Crippen LogP contribution >= 0.6 is 0 Å². The molecule has 0 aromatic heterocycles. The maximum atomic E-state index is 13.4. The lowest BCUT2D eigenvalue weighted by Crippen LogP contribution is -2.57. The maximum Gasteiger partial charge on any atom is 0.290 e. The zero-order valence-electron chi connectivity index (χ0n) is 28.7. The van der Waals surface area contributed by atoms with Gasteiger partial charge >= 0.3 is 0 Å². The maximum absolute atomic E-state index is 13.4. The van der Waals surface area contributed by atoms with Crippen molar-refractivity contribution in [3.8, 4) is 0 Å². The van der Waals surface area contributed by atoms with Crippen LogP contribution in [0.4, 0.5) is 0 Å². The molecular weight excluding hydrogens is 614 g/mol. The summed E-state index contributed by atoms with van der Waals surface area (Å²) in [6, 6.07) is 10.3. The van der Waals surface area contributed by atoms with Crippen molar-refractivity contribution >= 4 is 46.1 Å². The molecule has 48 heavy (non-hydrogen) atoms. The molecule has 6 N–H and O–H groups in total. The molecule has 2 aromatic rings. The smallest absolute Gasteiger partial charge is 0.290 e. The third-order valence-electron chi connectivity index (χ3n) is 8.68. The van der Waals surface area contributed by atoms with Crippen LogP contribution in [0, 0.1) is 11.8 Å². The van der Waals surface area contributed by atoms with Gasteiger partial charge in [-0.05, 0) is 41.6 Å². The van der Waals surface area contributed by atoms with Crippen LogP contribution in [0.25, 0.3) is 10.8 Å². The van der Waals surface area contributed by atoms with Crippen molar-refractivity contribution in [2.24, 2.45) is 17.6 Å². The largest absolute Gasteiger partial charge is 0.368 e. The Balaban J connectivity index is 1.58. The molecule has 0 spiro atoms. The molecule has 1 aliphatic rings. The first kappa shape index (κ1) is 38.1. The standard InChI is InChI=1S/C35H51N7O6/c1-6-23(4)31(40-34(47)28(17-22(2)3)39-30(44)21-42-15-13-41(5)14-16-42)32(45)35(48)37-20-29(43)38-27(33(36)46)19-24-11-12-25-9-7-8-10-26(25)18-24/h7-12,18,22-23,27-28,31H,6,13-17,19-21H2,1-5H3,(H2,36,46)(H,37,48)(H,38,43)(H,39,44)(H,40,47). The zero-order chi connectivity index (χ0) is 35.4. The van der Waals surface area contributed by atoms with Gasteiger partial charge in [-0.15, -0.1) is 0 Å². The second-order valence-corrected chi connectivity index (χ2v) is 13.2. The Bertz CT molecular complexity index is 1460. The predicted molar refractivity (Wildman–Crippen MR) is 184 cm³/mol. The molecule has 1 aliphatic heterocycles. The van der Waals surface area contributed by atoms with Gasteiger partial charge in [0.1, 0.15) is 12.1 Å². The number of likely N-dealkylation sites (N-methyl/N-ethyl adjacent to an activating group) is 1. The second-order valence-electron chi connectivity index (χ2n) is 13.2. The molecule has 4 atom stereocenters. The lowest BCUT2D eigenvalue weighted by Gasteiger charge is -2.32. The molecule has 1 heterocycles. The minimum Gasteiger partial charge on any atom is -0.368 e. The Hall–Kier alpha value is -4.36. The number of fused-ring (bicyclic) bond motifs is 1. The summed E-state index contributed by atoms with van der Waals surface area (Å²) in [5.74, 6) is -4.61. The van der Waals surface area contributed by atoms with Crippen molar-refractivity contribution in [3.05, 3.63) is 48.0 Å². The van der Waals surface area contributed by atoms with E-state index in [1.165, 1.54) is 0 Å². The molecule has 262 valence electrons. The third kappa shape index (κ3) is 11.7. The van der Waals surface area contributed by atoms with Crippen LogP contribution in [0.1, 0.15) is 46.1 Å². The summed E-state index contributed by atoms with van der Waals surface area (Å²) in [5.41, 5.74) is 6.34. The van der Waals surface area contributed by atoms with Crippen LogP contribution in [0.5, 0.6) is 0 Å². The molecule has 4 unspecified atom stereocenters.